The molecule has 1 fully saturated rings. The molecule has 1 rings (SSSR count). The van der Waals surface area contributed by atoms with E-state index in [0.29, 0.717) is 19.4 Å². The highest BCUT2D eigenvalue weighted by molar-refractivity contribution is 7.87. The standard InChI is InChI=1S/C10H20N2O5S/c1-10(2,3)17-11-18(15,16)12-6-4-5-8(7-12)9(13)14/h8,11H,4-7H2,1-3H3,(H,13,14). The van der Waals surface area contributed by atoms with Gasteiger partial charge in [0.05, 0.1) is 11.5 Å². The average Bonchev–Trinajstić information content (AvgIpc) is 2.26. The topological polar surface area (TPSA) is 95.9 Å². The second kappa shape index (κ2) is 5.52. The minimum atomic E-state index is -3.79. The number of piperidine rings is 1. The number of carboxylic acids is 1. The largest absolute Gasteiger partial charge is 0.481 e. The SMILES string of the molecule is CC(C)(C)ONS(=O)(=O)N1CCCC(C(=O)O)C1. The summed E-state index contributed by atoms with van der Waals surface area (Å²) < 4.78 is 24.9. The van der Waals surface area contributed by atoms with Crippen LogP contribution in [0.25, 0.3) is 0 Å². The first-order valence-corrected chi connectivity index (χ1v) is 7.23. The number of nitrogens with one attached hydrogen (secondary N) is 1. The smallest absolute Gasteiger partial charge is 0.307 e. The Morgan fingerprint density at radius 2 is 2.06 bits per heavy atom. The first kappa shape index (κ1) is 15.4. The molecule has 0 aromatic carbocycles. The van der Waals surface area contributed by atoms with Gasteiger partial charge in [0.15, 0.2) is 0 Å². The lowest BCUT2D eigenvalue weighted by molar-refractivity contribution is -0.142. The Morgan fingerprint density at radius 3 is 2.56 bits per heavy atom. The van der Waals surface area contributed by atoms with E-state index in [4.69, 9.17) is 9.94 Å². The second-order valence-corrected chi connectivity index (χ2v) is 6.97. The molecule has 1 unspecified atom stereocenters. The predicted molar refractivity (Wildman–Crippen MR) is 64.8 cm³/mol. The van der Waals surface area contributed by atoms with Crippen LogP contribution in [-0.2, 0) is 19.8 Å². The molecule has 0 bridgehead atoms. The van der Waals surface area contributed by atoms with Crippen molar-refractivity contribution < 1.29 is 23.2 Å². The van der Waals surface area contributed by atoms with Crippen molar-refractivity contribution in [3.05, 3.63) is 0 Å². The molecule has 0 radical (unpaired) electrons. The van der Waals surface area contributed by atoms with Crippen LogP contribution in [-0.4, -0.2) is 42.5 Å². The van der Waals surface area contributed by atoms with E-state index in [9.17, 15) is 13.2 Å². The van der Waals surface area contributed by atoms with Crippen LogP contribution < -0.4 is 4.89 Å². The Balaban J connectivity index is 2.64. The highest BCUT2D eigenvalue weighted by Crippen LogP contribution is 2.19. The Hall–Kier alpha value is -0.700. The van der Waals surface area contributed by atoms with E-state index in [-0.39, 0.29) is 6.54 Å². The molecule has 1 atom stereocenters. The molecule has 0 amide bonds. The van der Waals surface area contributed by atoms with Crippen molar-refractivity contribution in [2.45, 2.75) is 39.2 Å². The van der Waals surface area contributed by atoms with Crippen molar-refractivity contribution in [3.8, 4) is 0 Å². The number of aliphatic carboxylic acids is 1. The summed E-state index contributed by atoms with van der Waals surface area (Å²) in [6.45, 7) is 5.44. The molecule has 1 aliphatic rings. The fourth-order valence-electron chi connectivity index (χ4n) is 1.59. The lowest BCUT2D eigenvalue weighted by atomic mass is 10.0. The minimum Gasteiger partial charge on any atom is -0.481 e. The van der Waals surface area contributed by atoms with Crippen molar-refractivity contribution in [3.63, 3.8) is 0 Å². The third-order valence-electron chi connectivity index (χ3n) is 2.53. The Kier molecular flexibility index (Phi) is 4.71. The van der Waals surface area contributed by atoms with E-state index in [2.05, 4.69) is 0 Å². The first-order chi connectivity index (χ1) is 8.12. The van der Waals surface area contributed by atoms with Crippen molar-refractivity contribution in [1.82, 2.24) is 9.19 Å². The highest BCUT2D eigenvalue weighted by Gasteiger charge is 2.33. The third kappa shape index (κ3) is 4.52. The minimum absolute atomic E-state index is 0.0157. The molecule has 0 aromatic rings. The van der Waals surface area contributed by atoms with E-state index in [0.717, 1.165) is 4.31 Å². The summed E-state index contributed by atoms with van der Waals surface area (Å²) in [6, 6.07) is 0. The van der Waals surface area contributed by atoms with Crippen LogP contribution in [0, 0.1) is 5.92 Å². The number of carbonyl (C=O) groups is 1. The maximum absolute atomic E-state index is 11.9. The van der Waals surface area contributed by atoms with Crippen LogP contribution in [0.5, 0.6) is 0 Å². The zero-order valence-electron chi connectivity index (χ0n) is 10.8. The maximum atomic E-state index is 11.9. The molecule has 0 aromatic heterocycles. The van der Waals surface area contributed by atoms with Gasteiger partial charge in [0.25, 0.3) is 0 Å². The maximum Gasteiger partial charge on any atom is 0.307 e. The molecule has 8 heteroatoms. The molecule has 7 nitrogen and oxygen atoms in total. The zero-order chi connectivity index (χ0) is 14.0. The van der Waals surface area contributed by atoms with E-state index >= 15 is 0 Å². The van der Waals surface area contributed by atoms with E-state index < -0.39 is 27.7 Å². The molecule has 106 valence electrons. The van der Waals surface area contributed by atoms with Gasteiger partial charge in [-0.2, -0.15) is 12.7 Å². The van der Waals surface area contributed by atoms with Crippen LogP contribution >= 0.6 is 0 Å². The van der Waals surface area contributed by atoms with Crippen LogP contribution in [0.3, 0.4) is 0 Å². The number of rotatable bonds is 4. The van der Waals surface area contributed by atoms with Gasteiger partial charge in [-0.15, -0.1) is 0 Å². The monoisotopic (exact) mass is 280 g/mol. The zero-order valence-corrected chi connectivity index (χ0v) is 11.7. The predicted octanol–water partition coefficient (Wildman–Crippen LogP) is 0.348. The molecule has 0 spiro atoms. The summed E-state index contributed by atoms with van der Waals surface area (Å²) >= 11 is 0. The van der Waals surface area contributed by atoms with Gasteiger partial charge < -0.3 is 5.11 Å². The molecular weight excluding hydrogens is 260 g/mol. The number of carboxylic acid groups (broad SMARTS) is 1. The summed E-state index contributed by atoms with van der Waals surface area (Å²) in [6.07, 6.45) is 1.04. The molecule has 1 saturated heterocycles. The highest BCUT2D eigenvalue weighted by atomic mass is 32.2. The molecule has 18 heavy (non-hydrogen) atoms. The number of nitrogens with zero attached hydrogens (tertiary/aromatic N) is 1. The van der Waals surface area contributed by atoms with E-state index in [1.165, 1.54) is 0 Å². The first-order valence-electron chi connectivity index (χ1n) is 5.79. The molecule has 0 aliphatic carbocycles. The fourth-order valence-corrected chi connectivity index (χ4v) is 2.80. The molecule has 1 heterocycles. The van der Waals surface area contributed by atoms with Gasteiger partial charge in [-0.05, 0) is 33.6 Å². The summed E-state index contributed by atoms with van der Waals surface area (Å²) in [5, 5.41) is 8.91. The van der Waals surface area contributed by atoms with Crippen molar-refractivity contribution in [2.24, 2.45) is 5.92 Å². The summed E-state index contributed by atoms with van der Waals surface area (Å²) in [4.78, 5) is 17.9. The van der Waals surface area contributed by atoms with Gasteiger partial charge in [0.2, 0.25) is 0 Å². The van der Waals surface area contributed by atoms with Crippen LogP contribution in [0.1, 0.15) is 33.6 Å². The average molecular weight is 280 g/mol. The number of hydrogen-bond donors (Lipinski definition) is 2. The summed E-state index contributed by atoms with van der Waals surface area (Å²) in [7, 11) is -3.79. The Labute approximate surface area is 107 Å². The number of hydrogen-bond acceptors (Lipinski definition) is 4. The van der Waals surface area contributed by atoms with Gasteiger partial charge in [-0.3, -0.25) is 9.63 Å². The molecule has 1 aliphatic heterocycles. The second-order valence-electron chi connectivity index (χ2n) is 5.34. The van der Waals surface area contributed by atoms with Crippen LogP contribution in [0.4, 0.5) is 0 Å². The lowest BCUT2D eigenvalue weighted by Crippen LogP contribution is -2.48. The van der Waals surface area contributed by atoms with Gasteiger partial charge >= 0.3 is 16.2 Å². The Morgan fingerprint density at radius 1 is 1.44 bits per heavy atom. The molecule has 0 saturated carbocycles. The molecular formula is C10H20N2O5S. The van der Waals surface area contributed by atoms with Crippen molar-refractivity contribution in [1.29, 1.82) is 0 Å². The van der Waals surface area contributed by atoms with Crippen LogP contribution in [0.2, 0.25) is 0 Å². The third-order valence-corrected chi connectivity index (χ3v) is 3.83. The van der Waals surface area contributed by atoms with Gasteiger partial charge in [-0.1, -0.05) is 4.89 Å². The quantitative estimate of drug-likeness (QED) is 0.724. The van der Waals surface area contributed by atoms with E-state index in [1.54, 1.807) is 20.8 Å². The van der Waals surface area contributed by atoms with Crippen molar-refractivity contribution in [2.75, 3.05) is 13.1 Å². The van der Waals surface area contributed by atoms with Crippen LogP contribution in [0.15, 0.2) is 0 Å². The van der Waals surface area contributed by atoms with Gasteiger partial charge in [0, 0.05) is 13.1 Å². The van der Waals surface area contributed by atoms with Crippen molar-refractivity contribution >= 4 is 16.2 Å². The molecule has 2 N–H and O–H groups in total. The van der Waals surface area contributed by atoms with Gasteiger partial charge in [0.1, 0.15) is 0 Å². The Bertz CT molecular complexity index is 401. The normalized spacial score (nSPS) is 22.9. The summed E-state index contributed by atoms with van der Waals surface area (Å²) in [5.74, 6) is -1.61. The van der Waals surface area contributed by atoms with E-state index in [1.807, 2.05) is 4.89 Å². The van der Waals surface area contributed by atoms with Gasteiger partial charge in [-0.25, -0.2) is 0 Å². The summed E-state index contributed by atoms with van der Waals surface area (Å²) in [5.41, 5.74) is -0.644. The lowest BCUT2D eigenvalue weighted by Gasteiger charge is -2.30. The fraction of sp³-hybridized carbons (Fsp3) is 0.900.